The van der Waals surface area contributed by atoms with Gasteiger partial charge in [0, 0.05) is 95.9 Å². The van der Waals surface area contributed by atoms with E-state index in [2.05, 4.69) is 0 Å². The zero-order chi connectivity index (χ0) is 56.3. The Bertz CT molecular complexity index is 678. The molecule has 0 aliphatic heterocycles. The first-order chi connectivity index (χ1) is 25.4. The molecular formula is C57H159Nb6O20-. The zero-order valence-electron chi connectivity index (χ0n) is 60.2. The maximum Gasteiger partial charge on any atom is 2.00 e. The fourth-order valence-corrected chi connectivity index (χ4v) is 0.609. The van der Waals surface area contributed by atoms with Crippen LogP contribution in [0, 0.1) is 37.1 Å². The van der Waals surface area contributed by atoms with Crippen molar-refractivity contribution in [1.29, 1.82) is 0 Å². The van der Waals surface area contributed by atoms with E-state index in [0.29, 0.717) is 0 Å². The molecule has 6 radical (unpaired) electrons. The SMILES string of the molecule is C.C.CC(=O)CC(C)(C)O.CC(C)(C)O.CC(C)(C)O.CC(C)(C)O.CC(C)(C)O.CC(C)(C)O.CC(C)(C)O.CC(C)(C)O.CC(C)(C)O.CC(C)(C)O.CC(C)(C)O.CC(C)(C)O.O.O.O.O.O.O.O.[CH3-].[CH3-].[CH3-].[CH3-].[CH3-].[Nb+2].[Nb+2].[Nb].[Nb].[Nb].[Nb]. The topological polar surface area (TPSA) is 480 Å². The standard InChI is InChI=1S/C6H12O2.11C4H10O.2CH4.5CH3.6Nb.7H2O/c1-5(7)4-6(2,3)8;11*1-4(2,3)5;;;;;;;;;;;;;;;;;;;;/h8H,4H2,1-3H3;11*5H,1-3H3;2*1H4;5*1H3;;;;;;;7*1H2/q;;;;;;;;;;;;;;5*-1;;;;;2*+2;;;;;;;. The van der Waals surface area contributed by atoms with Crippen molar-refractivity contribution in [3.63, 3.8) is 0 Å². The van der Waals surface area contributed by atoms with Crippen molar-refractivity contribution in [1.82, 2.24) is 0 Å². The van der Waals surface area contributed by atoms with Crippen LogP contribution in [0.1, 0.15) is 271 Å². The Morgan fingerprint density at radius 2 is 0.265 bits per heavy atom. The second kappa shape index (κ2) is 96.4. The molecule has 0 amide bonds. The summed E-state index contributed by atoms with van der Waals surface area (Å²) in [5.41, 5.74) is -6.33. The molecule has 538 valence electrons. The molecule has 0 spiro atoms. The van der Waals surface area contributed by atoms with Crippen LogP contribution in [0.3, 0.4) is 0 Å². The molecule has 20 nitrogen and oxygen atoms in total. The number of hydrogen-bond acceptors (Lipinski definition) is 13. The van der Waals surface area contributed by atoms with Gasteiger partial charge in [-0.1, -0.05) is 14.9 Å². The molecule has 0 unspecified atom stereocenters. The number of aliphatic hydroxyl groups is 12. The smallest absolute Gasteiger partial charge is 0.412 e. The Kier molecular flexibility index (Phi) is 247. The Balaban J connectivity index is -0.0000000112. The summed E-state index contributed by atoms with van der Waals surface area (Å²) >= 11 is 0. The van der Waals surface area contributed by atoms with E-state index >= 15 is 0 Å². The van der Waals surface area contributed by atoms with Crippen LogP contribution in [0.25, 0.3) is 0 Å². The third-order valence-corrected chi connectivity index (χ3v) is 0.682. The van der Waals surface area contributed by atoms with Crippen LogP contribution in [0.5, 0.6) is 0 Å². The van der Waals surface area contributed by atoms with Gasteiger partial charge in [-0.2, -0.15) is 0 Å². The van der Waals surface area contributed by atoms with Crippen molar-refractivity contribution < 1.29 is 239 Å². The summed E-state index contributed by atoms with van der Waals surface area (Å²) in [6, 6.07) is 0. The summed E-state index contributed by atoms with van der Waals surface area (Å²) in [6.07, 6.45) is 0.243. The number of hydrogen-bond donors (Lipinski definition) is 12. The van der Waals surface area contributed by atoms with Gasteiger partial charge in [0.2, 0.25) is 0 Å². The van der Waals surface area contributed by atoms with Crippen molar-refractivity contribution in [3.8, 4) is 0 Å². The van der Waals surface area contributed by atoms with Crippen LogP contribution in [0.4, 0.5) is 0 Å². The Hall–Kier alpha value is 3.35. The Labute approximate surface area is 613 Å². The monoisotopic (exact) mass is 1720 g/mol. The first-order valence-corrected chi connectivity index (χ1v) is 21.6. The second-order valence-electron chi connectivity index (χ2n) is 26.6. The predicted octanol–water partition coefficient (Wildman–Crippen LogP) is 7.02. The van der Waals surface area contributed by atoms with Gasteiger partial charge in [0.15, 0.2) is 0 Å². The molecule has 0 atom stereocenters. The number of rotatable bonds is 2. The van der Waals surface area contributed by atoms with Gasteiger partial charge in [0.1, 0.15) is 5.78 Å². The Morgan fingerprint density at radius 1 is 0.229 bits per heavy atom. The van der Waals surface area contributed by atoms with E-state index in [9.17, 15) is 4.79 Å². The van der Waals surface area contributed by atoms with E-state index in [4.69, 9.17) is 61.3 Å². The molecule has 83 heavy (non-hydrogen) atoms. The molecule has 0 aliphatic carbocycles. The van der Waals surface area contributed by atoms with Gasteiger partial charge in [0.05, 0.1) is 67.2 Å². The van der Waals surface area contributed by atoms with E-state index in [1.54, 1.807) is 242 Å². The van der Waals surface area contributed by atoms with Crippen LogP contribution in [0.15, 0.2) is 0 Å². The van der Waals surface area contributed by atoms with Crippen LogP contribution >= 0.6 is 0 Å². The van der Waals surface area contributed by atoms with E-state index in [0.717, 1.165) is 0 Å². The van der Waals surface area contributed by atoms with Crippen LogP contribution in [-0.4, -0.2) is 173 Å². The Morgan fingerprint density at radius 3 is 0.265 bits per heavy atom. The number of carbonyl (C=O) groups is 1. The van der Waals surface area contributed by atoms with Gasteiger partial charge < -0.3 is 137 Å². The molecule has 0 aromatic rings. The summed E-state index contributed by atoms with van der Waals surface area (Å²) in [7, 11) is 0. The molecule has 0 saturated heterocycles. The van der Waals surface area contributed by atoms with Gasteiger partial charge in [-0.05, 0) is 249 Å². The molecular weight excluding hydrogens is 1560 g/mol. The number of carbonyl (C=O) groups excluding carboxylic acids is 1. The minimum Gasteiger partial charge on any atom is -0.412 e. The maximum atomic E-state index is 10.3. The van der Waals surface area contributed by atoms with Crippen LogP contribution in [0.2, 0.25) is 0 Å². The molecule has 0 aliphatic rings. The third kappa shape index (κ3) is 8500. The molecule has 0 heterocycles. The second-order valence-corrected chi connectivity index (χ2v) is 26.6. The van der Waals surface area contributed by atoms with E-state index in [1.807, 2.05) is 0 Å². The minimum absolute atomic E-state index is 0. The molecule has 0 aromatic carbocycles. The molecule has 26 heteroatoms. The van der Waals surface area contributed by atoms with Gasteiger partial charge in [-0.15, -0.1) is 0 Å². The summed E-state index contributed by atoms with van der Waals surface area (Å²) in [6.45, 7) is 62.2. The average Bonchev–Trinajstić information content (AvgIpc) is 2.56. The van der Waals surface area contributed by atoms with Crippen LogP contribution < -0.4 is 0 Å². The summed E-state index contributed by atoms with van der Waals surface area (Å²) < 4.78 is 0. The van der Waals surface area contributed by atoms with E-state index in [-0.39, 0.29) is 237 Å². The fraction of sp³-hybridized carbons (Fsp3) is 0.895. The summed E-state index contributed by atoms with van der Waals surface area (Å²) in [5, 5.41) is 103. The largest absolute Gasteiger partial charge is 2.00 e. The molecule has 0 saturated carbocycles. The first kappa shape index (κ1) is 213. The van der Waals surface area contributed by atoms with Crippen molar-refractivity contribution >= 4 is 5.78 Å². The molecule has 0 fully saturated rings. The maximum absolute atomic E-state index is 10.3. The van der Waals surface area contributed by atoms with Crippen LogP contribution in [-0.2, 0) is 139 Å². The minimum atomic E-state index is -0.828. The summed E-state index contributed by atoms with van der Waals surface area (Å²) in [5.74, 6) is 0.0255. The molecule has 0 bridgehead atoms. The predicted molar refractivity (Wildman–Crippen MR) is 344 cm³/mol. The quantitative estimate of drug-likeness (QED) is 0.0978. The fourth-order valence-electron chi connectivity index (χ4n) is 0.609. The van der Waals surface area contributed by atoms with Crippen molar-refractivity contribution in [2.24, 2.45) is 0 Å². The summed E-state index contributed by atoms with van der Waals surface area (Å²) in [4.78, 5) is 10.3. The normalized spacial score (nSPS) is 9.06. The number of ketones is 1. The van der Waals surface area contributed by atoms with Crippen molar-refractivity contribution in [3.05, 3.63) is 37.1 Å². The zero-order valence-corrected chi connectivity index (χ0v) is 73.4. The van der Waals surface area contributed by atoms with Crippen molar-refractivity contribution in [2.45, 2.75) is 338 Å². The van der Waals surface area contributed by atoms with Crippen molar-refractivity contribution in [2.75, 3.05) is 0 Å². The first-order valence-electron chi connectivity index (χ1n) is 21.6. The molecule has 0 aromatic heterocycles. The number of Topliss-reactive ketones (excluding diaryl/α,β-unsaturated/α-hetero) is 1. The van der Waals surface area contributed by atoms with Gasteiger partial charge in [-0.3, -0.25) is 4.79 Å². The van der Waals surface area contributed by atoms with Gasteiger partial charge in [0.25, 0.3) is 0 Å². The third-order valence-electron chi connectivity index (χ3n) is 0.682. The van der Waals surface area contributed by atoms with E-state index < -0.39 is 67.2 Å². The average molecular weight is 1720 g/mol. The van der Waals surface area contributed by atoms with E-state index in [1.165, 1.54) is 6.92 Å². The van der Waals surface area contributed by atoms with Gasteiger partial charge in [-0.25, -0.2) is 0 Å². The molecule has 26 N–H and O–H groups in total. The molecule has 0 rings (SSSR count). The van der Waals surface area contributed by atoms with Gasteiger partial charge >= 0.3 is 44.8 Å².